The van der Waals surface area contributed by atoms with Gasteiger partial charge in [0.25, 0.3) is 17.7 Å². The van der Waals surface area contributed by atoms with Crippen LogP contribution in [0.15, 0.2) is 48.1 Å². The van der Waals surface area contributed by atoms with Crippen molar-refractivity contribution in [1.82, 2.24) is 15.7 Å². The van der Waals surface area contributed by atoms with Gasteiger partial charge in [0, 0.05) is 43.8 Å². The zero-order valence-electron chi connectivity index (χ0n) is 18.0. The van der Waals surface area contributed by atoms with Crippen molar-refractivity contribution >= 4 is 23.5 Å². The van der Waals surface area contributed by atoms with Crippen molar-refractivity contribution < 1.29 is 29.1 Å². The van der Waals surface area contributed by atoms with E-state index in [1.807, 2.05) is 0 Å². The van der Waals surface area contributed by atoms with Crippen LogP contribution in [-0.4, -0.2) is 67.5 Å². The van der Waals surface area contributed by atoms with Gasteiger partial charge in [-0.2, -0.15) is 0 Å². The number of amides is 3. The van der Waals surface area contributed by atoms with E-state index in [0.29, 0.717) is 17.6 Å². The van der Waals surface area contributed by atoms with E-state index < -0.39 is 23.8 Å². The van der Waals surface area contributed by atoms with E-state index in [1.165, 1.54) is 26.7 Å². The maximum absolute atomic E-state index is 12.7. The standard InChI is InChI=1S/C23H25N3O6/c1-24-21(28)20(22(29)25-31)26(2)23(30)18-12-8-16(9-13-18)5-4-15-6-10-17(11-7-15)19(27)14-32-3/h6-8,10-13,16,20,31H,9,14H2,1-3H3,(H,24,28)(H,25,29). The first-order valence-corrected chi connectivity index (χ1v) is 9.77. The lowest BCUT2D eigenvalue weighted by Gasteiger charge is -2.26. The number of ether oxygens (including phenoxy) is 1. The number of likely N-dealkylation sites (N-methyl/N-ethyl adjacent to an activating group) is 2. The number of hydroxylamine groups is 1. The largest absolute Gasteiger partial charge is 0.377 e. The van der Waals surface area contributed by atoms with Crippen molar-refractivity contribution in [1.29, 1.82) is 0 Å². The second kappa shape index (κ2) is 11.6. The van der Waals surface area contributed by atoms with Gasteiger partial charge in [0.2, 0.25) is 0 Å². The van der Waals surface area contributed by atoms with Crippen molar-refractivity contribution in [2.75, 3.05) is 27.8 Å². The Morgan fingerprint density at radius 1 is 1.22 bits per heavy atom. The highest BCUT2D eigenvalue weighted by Gasteiger charge is 2.34. The van der Waals surface area contributed by atoms with Gasteiger partial charge in [-0.3, -0.25) is 24.4 Å². The van der Waals surface area contributed by atoms with Crippen LogP contribution in [0.4, 0.5) is 0 Å². The van der Waals surface area contributed by atoms with Crippen molar-refractivity contribution in [3.8, 4) is 11.8 Å². The molecule has 3 N–H and O–H groups in total. The van der Waals surface area contributed by atoms with E-state index in [4.69, 9.17) is 9.94 Å². The SMILES string of the molecule is CNC(=O)C(C(=O)NO)N(C)C(=O)C1=CCC(C#Cc2ccc(C(=O)COC)cc2)C=C1. The number of allylic oxidation sites excluding steroid dienone is 2. The lowest BCUT2D eigenvalue weighted by Crippen LogP contribution is -2.55. The Morgan fingerprint density at radius 2 is 1.91 bits per heavy atom. The Bertz CT molecular complexity index is 985. The first-order valence-electron chi connectivity index (χ1n) is 9.77. The molecule has 0 aromatic heterocycles. The molecule has 2 rings (SSSR count). The van der Waals surface area contributed by atoms with Gasteiger partial charge in [-0.05, 0) is 18.6 Å². The number of ketones is 1. The molecule has 0 spiro atoms. The van der Waals surface area contributed by atoms with Gasteiger partial charge in [0.05, 0.1) is 0 Å². The molecule has 1 aliphatic rings. The number of hydrogen-bond donors (Lipinski definition) is 3. The second-order valence-electron chi connectivity index (χ2n) is 6.97. The molecule has 2 unspecified atom stereocenters. The summed E-state index contributed by atoms with van der Waals surface area (Å²) in [5.41, 5.74) is 3.01. The summed E-state index contributed by atoms with van der Waals surface area (Å²) in [5.74, 6) is 3.63. The zero-order valence-corrected chi connectivity index (χ0v) is 18.0. The number of nitrogens with one attached hydrogen (secondary N) is 2. The Labute approximate surface area is 186 Å². The van der Waals surface area contributed by atoms with Crippen LogP contribution < -0.4 is 10.8 Å². The molecule has 0 heterocycles. The molecule has 2 atom stereocenters. The third kappa shape index (κ3) is 6.14. The molecule has 0 saturated carbocycles. The van der Waals surface area contributed by atoms with Crippen molar-refractivity contribution in [3.05, 3.63) is 59.2 Å². The Hall–Kier alpha value is -3.74. The summed E-state index contributed by atoms with van der Waals surface area (Å²) in [6.45, 7) is 0.0228. The topological polar surface area (TPSA) is 125 Å². The number of methoxy groups -OCH3 is 1. The van der Waals surface area contributed by atoms with Crippen LogP contribution in [0.25, 0.3) is 0 Å². The van der Waals surface area contributed by atoms with E-state index in [2.05, 4.69) is 17.2 Å². The van der Waals surface area contributed by atoms with Crippen molar-refractivity contribution in [2.24, 2.45) is 5.92 Å². The molecule has 0 fully saturated rings. The summed E-state index contributed by atoms with van der Waals surface area (Å²) in [6.07, 6.45) is 5.51. The number of Topliss-reactive ketones (excluding diaryl/α,β-unsaturated/α-hetero) is 1. The molecular formula is C23H25N3O6. The van der Waals surface area contributed by atoms with Crippen LogP contribution >= 0.6 is 0 Å². The van der Waals surface area contributed by atoms with E-state index in [9.17, 15) is 19.2 Å². The van der Waals surface area contributed by atoms with Crippen LogP contribution in [0.1, 0.15) is 22.3 Å². The van der Waals surface area contributed by atoms with Crippen LogP contribution in [0.3, 0.4) is 0 Å². The third-order valence-corrected chi connectivity index (χ3v) is 4.79. The minimum Gasteiger partial charge on any atom is -0.377 e. The lowest BCUT2D eigenvalue weighted by atomic mass is 9.96. The second-order valence-corrected chi connectivity index (χ2v) is 6.97. The minimum absolute atomic E-state index is 0.0228. The van der Waals surface area contributed by atoms with Crippen LogP contribution in [0.5, 0.6) is 0 Å². The Morgan fingerprint density at radius 3 is 2.44 bits per heavy atom. The van der Waals surface area contributed by atoms with E-state index >= 15 is 0 Å². The molecule has 1 aromatic rings. The van der Waals surface area contributed by atoms with Crippen LogP contribution in [-0.2, 0) is 19.1 Å². The van der Waals surface area contributed by atoms with Gasteiger partial charge in [-0.25, -0.2) is 5.48 Å². The van der Waals surface area contributed by atoms with Crippen LogP contribution in [0, 0.1) is 17.8 Å². The van der Waals surface area contributed by atoms with Crippen LogP contribution in [0.2, 0.25) is 0 Å². The number of hydrogen-bond acceptors (Lipinski definition) is 6. The average Bonchev–Trinajstić information content (AvgIpc) is 2.82. The van der Waals surface area contributed by atoms with Gasteiger partial charge >= 0.3 is 0 Å². The summed E-state index contributed by atoms with van der Waals surface area (Å²) in [6, 6.07) is 5.39. The summed E-state index contributed by atoms with van der Waals surface area (Å²) < 4.78 is 4.83. The molecule has 9 nitrogen and oxygen atoms in total. The van der Waals surface area contributed by atoms with Crippen molar-refractivity contribution in [2.45, 2.75) is 12.5 Å². The Balaban J connectivity index is 2.03. The fourth-order valence-electron chi connectivity index (χ4n) is 3.01. The molecule has 9 heteroatoms. The van der Waals surface area contributed by atoms with Crippen molar-refractivity contribution in [3.63, 3.8) is 0 Å². The molecule has 0 radical (unpaired) electrons. The fourth-order valence-corrected chi connectivity index (χ4v) is 3.01. The molecule has 0 bridgehead atoms. The zero-order chi connectivity index (χ0) is 23.7. The van der Waals surface area contributed by atoms with E-state index in [-0.39, 0.29) is 18.3 Å². The number of benzene rings is 1. The minimum atomic E-state index is -1.51. The predicted octanol–water partition coefficient (Wildman–Crippen LogP) is 0.448. The smallest absolute Gasteiger partial charge is 0.275 e. The molecule has 168 valence electrons. The number of carbonyl (C=O) groups is 4. The fraction of sp³-hybridized carbons (Fsp3) is 0.304. The monoisotopic (exact) mass is 439 g/mol. The molecule has 1 aliphatic carbocycles. The summed E-state index contributed by atoms with van der Waals surface area (Å²) in [5, 5.41) is 11.1. The summed E-state index contributed by atoms with van der Waals surface area (Å²) >= 11 is 0. The highest BCUT2D eigenvalue weighted by molar-refractivity contribution is 6.09. The first-order chi connectivity index (χ1) is 15.3. The molecule has 3 amide bonds. The maximum atomic E-state index is 12.7. The lowest BCUT2D eigenvalue weighted by molar-refractivity contribution is -0.147. The maximum Gasteiger partial charge on any atom is 0.275 e. The highest BCUT2D eigenvalue weighted by Crippen LogP contribution is 2.18. The molecular weight excluding hydrogens is 414 g/mol. The molecule has 1 aromatic carbocycles. The van der Waals surface area contributed by atoms with E-state index in [1.54, 1.807) is 42.5 Å². The number of carbonyl (C=O) groups excluding carboxylic acids is 4. The third-order valence-electron chi connectivity index (χ3n) is 4.79. The van der Waals surface area contributed by atoms with Gasteiger partial charge in [-0.15, -0.1) is 0 Å². The molecule has 32 heavy (non-hydrogen) atoms. The van der Waals surface area contributed by atoms with Gasteiger partial charge < -0.3 is 15.0 Å². The highest BCUT2D eigenvalue weighted by atomic mass is 16.5. The van der Waals surface area contributed by atoms with Gasteiger partial charge in [-0.1, -0.05) is 42.2 Å². The summed E-state index contributed by atoms with van der Waals surface area (Å²) in [4.78, 5) is 49.2. The quantitative estimate of drug-likeness (QED) is 0.186. The van der Waals surface area contributed by atoms with Gasteiger partial charge in [0.1, 0.15) is 6.61 Å². The molecule has 0 aliphatic heterocycles. The molecule has 0 saturated heterocycles. The van der Waals surface area contributed by atoms with E-state index in [0.717, 1.165) is 10.5 Å². The average molecular weight is 439 g/mol. The Kier molecular flexibility index (Phi) is 8.89. The van der Waals surface area contributed by atoms with Gasteiger partial charge in [0.15, 0.2) is 11.8 Å². The summed E-state index contributed by atoms with van der Waals surface area (Å²) in [7, 11) is 4.10. The number of rotatable bonds is 7. The normalized spacial score (nSPS) is 15.5. The first kappa shape index (κ1) is 24.5. The number of nitrogens with zero attached hydrogens (tertiary/aromatic N) is 1. The predicted molar refractivity (Wildman–Crippen MR) is 115 cm³/mol.